The molecule has 1 aliphatic heterocycles. The van der Waals surface area contributed by atoms with Crippen LogP contribution in [-0.2, 0) is 4.74 Å². The monoisotopic (exact) mass is 259 g/mol. The number of hydrogen-bond acceptors (Lipinski definition) is 2. The van der Waals surface area contributed by atoms with Gasteiger partial charge in [-0.2, -0.15) is 0 Å². The Morgan fingerprint density at radius 1 is 1.37 bits per heavy atom. The van der Waals surface area contributed by atoms with Crippen LogP contribution >= 0.6 is 0 Å². The van der Waals surface area contributed by atoms with Gasteiger partial charge in [-0.1, -0.05) is 36.4 Å². The number of amides is 1. The summed E-state index contributed by atoms with van der Waals surface area (Å²) in [7, 11) is 0. The highest BCUT2D eigenvalue weighted by Crippen LogP contribution is 2.45. The topological polar surface area (TPSA) is 29.3 Å². The van der Waals surface area contributed by atoms with Crippen molar-refractivity contribution < 1.29 is 9.53 Å². The molecule has 0 N–H and O–H groups in total. The highest BCUT2D eigenvalue weighted by atomic mass is 16.6. The molecule has 0 bridgehead atoms. The molecule has 3 heteroatoms. The van der Waals surface area contributed by atoms with Crippen molar-refractivity contribution in [3.05, 3.63) is 41.5 Å². The third kappa shape index (κ3) is 2.65. The van der Waals surface area contributed by atoms with Crippen molar-refractivity contribution in [2.24, 2.45) is 0 Å². The lowest BCUT2D eigenvalue weighted by Crippen LogP contribution is -2.19. The van der Waals surface area contributed by atoms with Crippen LogP contribution < -0.4 is 0 Å². The van der Waals surface area contributed by atoms with Gasteiger partial charge in [0, 0.05) is 0 Å². The second kappa shape index (κ2) is 5.08. The number of hydrogen-bond donors (Lipinski definition) is 0. The summed E-state index contributed by atoms with van der Waals surface area (Å²) >= 11 is 0. The fourth-order valence-corrected chi connectivity index (χ4v) is 2.67. The second-order valence-electron chi connectivity index (χ2n) is 5.42. The quantitative estimate of drug-likeness (QED) is 0.774. The molecular formula is C16H21NO2. The molecule has 1 saturated heterocycles. The predicted octanol–water partition coefficient (Wildman–Crippen LogP) is 3.71. The molecule has 1 aromatic rings. The van der Waals surface area contributed by atoms with Gasteiger partial charge in [-0.05, 0) is 38.8 Å². The molecule has 102 valence electrons. The minimum Gasteiger partial charge on any atom is -0.450 e. The van der Waals surface area contributed by atoms with E-state index in [2.05, 4.69) is 39.0 Å². The first-order chi connectivity index (χ1) is 8.98. The maximum Gasteiger partial charge on any atom is 0.410 e. The molecule has 1 atom stereocenters. The van der Waals surface area contributed by atoms with E-state index in [4.69, 9.17) is 4.74 Å². The Labute approximate surface area is 114 Å². The number of benzene rings is 1. The van der Waals surface area contributed by atoms with E-state index in [1.54, 1.807) is 4.90 Å². The SMILES string of the molecule is CCOC(=O)N1C(/C(C)=C/c2ccccc2)C1(C)C. The first-order valence-corrected chi connectivity index (χ1v) is 6.67. The summed E-state index contributed by atoms with van der Waals surface area (Å²) in [4.78, 5) is 13.7. The molecule has 1 unspecified atom stereocenters. The Morgan fingerprint density at radius 2 is 2.00 bits per heavy atom. The van der Waals surface area contributed by atoms with Gasteiger partial charge in [0.05, 0.1) is 18.2 Å². The number of nitrogens with zero attached hydrogens (tertiary/aromatic N) is 1. The molecule has 1 aromatic carbocycles. The molecule has 0 aromatic heterocycles. The van der Waals surface area contributed by atoms with Crippen molar-refractivity contribution in [3.8, 4) is 0 Å². The molecule has 0 radical (unpaired) electrons. The Morgan fingerprint density at radius 3 is 2.58 bits per heavy atom. The standard InChI is InChI=1S/C16H21NO2/c1-5-19-15(18)17-14(16(17,3)4)12(2)11-13-9-7-6-8-10-13/h6-11,14H,5H2,1-4H3/b12-11+. The van der Waals surface area contributed by atoms with E-state index in [-0.39, 0.29) is 17.7 Å². The zero-order chi connectivity index (χ0) is 14.0. The first kappa shape index (κ1) is 13.7. The Hall–Kier alpha value is -1.77. The minimum atomic E-state index is -0.224. The maximum atomic E-state index is 11.9. The summed E-state index contributed by atoms with van der Waals surface area (Å²) in [6.45, 7) is 8.45. The molecule has 1 amide bonds. The fourth-order valence-electron chi connectivity index (χ4n) is 2.67. The highest BCUT2D eigenvalue weighted by Gasteiger charge is 2.59. The third-order valence-electron chi connectivity index (χ3n) is 3.57. The summed E-state index contributed by atoms with van der Waals surface area (Å²) < 4.78 is 5.09. The van der Waals surface area contributed by atoms with Crippen LogP contribution in [0.2, 0.25) is 0 Å². The lowest BCUT2D eigenvalue weighted by molar-refractivity contribution is 0.130. The van der Waals surface area contributed by atoms with Gasteiger partial charge in [0.1, 0.15) is 0 Å². The van der Waals surface area contributed by atoms with Crippen molar-refractivity contribution in [2.75, 3.05) is 6.61 Å². The van der Waals surface area contributed by atoms with E-state index in [1.807, 2.05) is 25.1 Å². The van der Waals surface area contributed by atoms with Crippen LogP contribution in [0, 0.1) is 0 Å². The van der Waals surface area contributed by atoms with E-state index in [0.29, 0.717) is 6.61 Å². The van der Waals surface area contributed by atoms with Crippen LogP contribution in [0.4, 0.5) is 4.79 Å². The van der Waals surface area contributed by atoms with Gasteiger partial charge < -0.3 is 4.74 Å². The zero-order valence-electron chi connectivity index (χ0n) is 12.0. The first-order valence-electron chi connectivity index (χ1n) is 6.67. The van der Waals surface area contributed by atoms with Crippen molar-refractivity contribution >= 4 is 12.2 Å². The predicted molar refractivity (Wildman–Crippen MR) is 76.8 cm³/mol. The largest absolute Gasteiger partial charge is 0.450 e. The van der Waals surface area contributed by atoms with E-state index in [0.717, 1.165) is 5.56 Å². The molecule has 0 saturated carbocycles. The average molecular weight is 259 g/mol. The van der Waals surface area contributed by atoms with Crippen LogP contribution in [0.3, 0.4) is 0 Å². The second-order valence-corrected chi connectivity index (χ2v) is 5.42. The molecule has 0 aliphatic carbocycles. The molecule has 3 nitrogen and oxygen atoms in total. The van der Waals surface area contributed by atoms with Gasteiger partial charge in [-0.15, -0.1) is 0 Å². The van der Waals surface area contributed by atoms with Crippen LogP contribution in [0.1, 0.15) is 33.3 Å². The lowest BCUT2D eigenvalue weighted by Gasteiger charge is -2.05. The number of ether oxygens (including phenoxy) is 1. The third-order valence-corrected chi connectivity index (χ3v) is 3.57. The van der Waals surface area contributed by atoms with E-state index >= 15 is 0 Å². The minimum absolute atomic E-state index is 0.131. The summed E-state index contributed by atoms with van der Waals surface area (Å²) in [6.07, 6.45) is 1.91. The van der Waals surface area contributed by atoms with Gasteiger partial charge in [0.2, 0.25) is 0 Å². The molecule has 2 rings (SSSR count). The van der Waals surface area contributed by atoms with Crippen LogP contribution in [0.15, 0.2) is 35.9 Å². The average Bonchev–Trinajstić information content (AvgIpc) is 2.94. The van der Waals surface area contributed by atoms with E-state index in [1.165, 1.54) is 5.57 Å². The Kier molecular flexibility index (Phi) is 3.65. The maximum absolute atomic E-state index is 11.9. The van der Waals surface area contributed by atoms with Crippen LogP contribution in [0.5, 0.6) is 0 Å². The summed E-state index contributed by atoms with van der Waals surface area (Å²) in [5.74, 6) is 0. The lowest BCUT2D eigenvalue weighted by atomic mass is 10.0. The molecule has 19 heavy (non-hydrogen) atoms. The molecular weight excluding hydrogens is 238 g/mol. The van der Waals surface area contributed by atoms with Crippen LogP contribution in [0.25, 0.3) is 6.08 Å². The van der Waals surface area contributed by atoms with Gasteiger partial charge in [-0.3, -0.25) is 4.90 Å². The van der Waals surface area contributed by atoms with Gasteiger partial charge in [0.25, 0.3) is 0 Å². The molecule has 1 fully saturated rings. The summed E-state index contributed by atoms with van der Waals surface area (Å²) in [6, 6.07) is 10.3. The smallest absolute Gasteiger partial charge is 0.410 e. The number of carbonyl (C=O) groups excluding carboxylic acids is 1. The Bertz CT molecular complexity index is 491. The van der Waals surface area contributed by atoms with Crippen molar-refractivity contribution in [1.29, 1.82) is 0 Å². The van der Waals surface area contributed by atoms with E-state index < -0.39 is 0 Å². The van der Waals surface area contributed by atoms with Gasteiger partial charge >= 0.3 is 6.09 Å². The molecule has 1 heterocycles. The molecule has 0 spiro atoms. The number of carbonyl (C=O) groups is 1. The fraction of sp³-hybridized carbons (Fsp3) is 0.438. The van der Waals surface area contributed by atoms with Gasteiger partial charge in [0.15, 0.2) is 0 Å². The van der Waals surface area contributed by atoms with Crippen molar-refractivity contribution in [1.82, 2.24) is 4.90 Å². The van der Waals surface area contributed by atoms with Crippen molar-refractivity contribution in [3.63, 3.8) is 0 Å². The summed E-state index contributed by atoms with van der Waals surface area (Å²) in [5, 5.41) is 0. The van der Waals surface area contributed by atoms with Crippen LogP contribution in [-0.4, -0.2) is 29.2 Å². The normalized spacial score (nSPS) is 21.2. The van der Waals surface area contributed by atoms with E-state index in [9.17, 15) is 4.79 Å². The summed E-state index contributed by atoms with van der Waals surface area (Å²) in [5.41, 5.74) is 2.19. The Balaban J connectivity index is 2.15. The van der Waals surface area contributed by atoms with Crippen molar-refractivity contribution in [2.45, 2.75) is 39.3 Å². The molecule has 1 aliphatic rings. The highest BCUT2D eigenvalue weighted by molar-refractivity contribution is 5.75. The number of rotatable bonds is 3. The zero-order valence-corrected chi connectivity index (χ0v) is 12.0. The van der Waals surface area contributed by atoms with Gasteiger partial charge in [-0.25, -0.2) is 4.79 Å².